The Labute approximate surface area is 173 Å². The molecule has 0 aliphatic rings. The normalized spacial score (nSPS) is 12.2. The topological polar surface area (TPSA) is 92.8 Å². The quantitative estimate of drug-likeness (QED) is 0.663. The molecule has 2 aromatic carbocycles. The van der Waals surface area contributed by atoms with Crippen molar-refractivity contribution < 1.29 is 27.1 Å². The molecule has 10 heteroatoms. The lowest BCUT2D eigenvalue weighted by Crippen LogP contribution is -2.45. The number of ether oxygens (including phenoxy) is 1. The lowest BCUT2D eigenvalue weighted by molar-refractivity contribution is -0.116. The van der Waals surface area contributed by atoms with Crippen LogP contribution in [-0.4, -0.2) is 39.2 Å². The van der Waals surface area contributed by atoms with E-state index in [-0.39, 0.29) is 28.6 Å². The first-order chi connectivity index (χ1) is 13.5. The SMILES string of the molecule is CCOC(=O)c1ccc(NC(=O)[C@H](C)N(c2ccc(F)cc2)S(C)(=O)=O)c(Cl)c1. The lowest BCUT2D eigenvalue weighted by Gasteiger charge is -2.28. The summed E-state index contributed by atoms with van der Waals surface area (Å²) in [7, 11) is -3.85. The Kier molecular flexibility index (Phi) is 7.21. The van der Waals surface area contributed by atoms with Gasteiger partial charge in [-0.05, 0) is 56.3 Å². The van der Waals surface area contributed by atoms with Gasteiger partial charge in [-0.3, -0.25) is 9.10 Å². The zero-order valence-corrected chi connectivity index (χ0v) is 17.6. The maximum Gasteiger partial charge on any atom is 0.338 e. The Hall–Kier alpha value is -2.65. The number of hydrogen-bond donors (Lipinski definition) is 1. The summed E-state index contributed by atoms with van der Waals surface area (Å²) in [6, 6.07) is 7.76. The fourth-order valence-corrected chi connectivity index (χ4v) is 3.99. The number of halogens is 2. The second-order valence-electron chi connectivity index (χ2n) is 6.12. The van der Waals surface area contributed by atoms with Gasteiger partial charge in [0.2, 0.25) is 15.9 Å². The Morgan fingerprint density at radius 2 is 1.83 bits per heavy atom. The standard InChI is InChI=1S/C19H20ClFN2O5S/c1-4-28-19(25)13-5-10-17(16(20)11-13)22-18(24)12(2)23(29(3,26)27)15-8-6-14(21)7-9-15/h5-12H,4H2,1-3H3,(H,22,24)/t12-/m0/s1. The monoisotopic (exact) mass is 442 g/mol. The van der Waals surface area contributed by atoms with Crippen LogP contribution in [0.4, 0.5) is 15.8 Å². The summed E-state index contributed by atoms with van der Waals surface area (Å²) >= 11 is 6.13. The number of carbonyl (C=O) groups excluding carboxylic acids is 2. The first-order valence-corrected chi connectivity index (χ1v) is 10.8. The number of rotatable bonds is 7. The van der Waals surface area contributed by atoms with Crippen LogP contribution in [0.1, 0.15) is 24.2 Å². The first kappa shape index (κ1) is 22.6. The molecule has 0 heterocycles. The molecule has 0 spiro atoms. The Bertz CT molecular complexity index is 1010. The average Bonchev–Trinajstić information content (AvgIpc) is 2.64. The second kappa shape index (κ2) is 9.23. The third-order valence-electron chi connectivity index (χ3n) is 3.91. The fourth-order valence-electron chi connectivity index (χ4n) is 2.59. The van der Waals surface area contributed by atoms with Crippen molar-refractivity contribution in [3.8, 4) is 0 Å². The summed E-state index contributed by atoms with van der Waals surface area (Å²) in [6.45, 7) is 3.27. The van der Waals surface area contributed by atoms with Crippen LogP contribution in [0.5, 0.6) is 0 Å². The molecule has 0 bridgehead atoms. The number of benzene rings is 2. The molecular formula is C19H20ClFN2O5S. The molecule has 156 valence electrons. The number of carbonyl (C=O) groups is 2. The molecule has 0 saturated heterocycles. The number of amides is 1. The molecule has 0 radical (unpaired) electrons. The fraction of sp³-hybridized carbons (Fsp3) is 0.263. The molecule has 0 aliphatic carbocycles. The highest BCUT2D eigenvalue weighted by molar-refractivity contribution is 7.92. The highest BCUT2D eigenvalue weighted by Crippen LogP contribution is 2.26. The molecule has 1 atom stereocenters. The van der Waals surface area contributed by atoms with Gasteiger partial charge in [-0.15, -0.1) is 0 Å². The number of nitrogens with one attached hydrogen (secondary N) is 1. The molecule has 0 unspecified atom stereocenters. The Morgan fingerprint density at radius 1 is 1.21 bits per heavy atom. The van der Waals surface area contributed by atoms with Crippen molar-refractivity contribution in [3.05, 3.63) is 58.9 Å². The van der Waals surface area contributed by atoms with Crippen molar-refractivity contribution in [2.24, 2.45) is 0 Å². The summed E-state index contributed by atoms with van der Waals surface area (Å²) in [5.41, 5.74) is 0.552. The smallest absolute Gasteiger partial charge is 0.338 e. The number of sulfonamides is 1. The van der Waals surface area contributed by atoms with Gasteiger partial charge in [-0.25, -0.2) is 17.6 Å². The average molecular weight is 443 g/mol. The van der Waals surface area contributed by atoms with E-state index in [1.165, 1.54) is 37.3 Å². The largest absolute Gasteiger partial charge is 0.462 e. The molecule has 1 amide bonds. The van der Waals surface area contributed by atoms with Gasteiger partial charge in [0.05, 0.1) is 34.8 Å². The van der Waals surface area contributed by atoms with E-state index in [0.717, 1.165) is 22.7 Å². The van der Waals surface area contributed by atoms with Crippen LogP contribution < -0.4 is 9.62 Å². The predicted molar refractivity (Wildman–Crippen MR) is 109 cm³/mol. The van der Waals surface area contributed by atoms with Crippen molar-refractivity contribution in [1.29, 1.82) is 0 Å². The van der Waals surface area contributed by atoms with Crippen LogP contribution in [0.3, 0.4) is 0 Å². The minimum Gasteiger partial charge on any atom is -0.462 e. The highest BCUT2D eigenvalue weighted by atomic mass is 35.5. The van der Waals surface area contributed by atoms with E-state index in [4.69, 9.17) is 16.3 Å². The van der Waals surface area contributed by atoms with Crippen molar-refractivity contribution in [2.45, 2.75) is 19.9 Å². The molecule has 0 saturated carbocycles. The summed E-state index contributed by atoms with van der Waals surface area (Å²) < 4.78 is 43.4. The van der Waals surface area contributed by atoms with Gasteiger partial charge in [0.25, 0.3) is 0 Å². The molecule has 2 rings (SSSR count). The zero-order chi connectivity index (χ0) is 21.8. The molecule has 0 aliphatic heterocycles. The van der Waals surface area contributed by atoms with E-state index >= 15 is 0 Å². The van der Waals surface area contributed by atoms with Gasteiger partial charge < -0.3 is 10.1 Å². The summed E-state index contributed by atoms with van der Waals surface area (Å²) in [5, 5.41) is 2.63. The van der Waals surface area contributed by atoms with E-state index < -0.39 is 33.8 Å². The van der Waals surface area contributed by atoms with E-state index in [2.05, 4.69) is 5.32 Å². The first-order valence-electron chi connectivity index (χ1n) is 8.57. The third-order valence-corrected chi connectivity index (χ3v) is 5.46. The lowest BCUT2D eigenvalue weighted by atomic mass is 10.2. The van der Waals surface area contributed by atoms with Gasteiger partial charge in [0.15, 0.2) is 0 Å². The summed E-state index contributed by atoms with van der Waals surface area (Å²) in [6.07, 6.45) is 0.946. The second-order valence-corrected chi connectivity index (χ2v) is 8.38. The molecule has 7 nitrogen and oxygen atoms in total. The minimum atomic E-state index is -3.85. The van der Waals surface area contributed by atoms with E-state index in [1.807, 2.05) is 0 Å². The zero-order valence-electron chi connectivity index (χ0n) is 16.0. The van der Waals surface area contributed by atoms with E-state index in [0.29, 0.717) is 0 Å². The molecule has 0 fully saturated rings. The molecule has 2 aromatic rings. The highest BCUT2D eigenvalue weighted by Gasteiger charge is 2.29. The molecule has 0 aromatic heterocycles. The maximum absolute atomic E-state index is 13.2. The van der Waals surface area contributed by atoms with Crippen LogP contribution >= 0.6 is 11.6 Å². The van der Waals surface area contributed by atoms with Crippen molar-refractivity contribution >= 4 is 44.9 Å². The number of esters is 1. The number of nitrogens with zero attached hydrogens (tertiary/aromatic N) is 1. The van der Waals surface area contributed by atoms with Crippen LogP contribution in [0.25, 0.3) is 0 Å². The molecule has 1 N–H and O–H groups in total. The van der Waals surface area contributed by atoms with Gasteiger partial charge in [-0.1, -0.05) is 11.6 Å². The van der Waals surface area contributed by atoms with Crippen LogP contribution in [0.15, 0.2) is 42.5 Å². The predicted octanol–water partition coefficient (Wildman–Crippen LogP) is 3.45. The van der Waals surface area contributed by atoms with Crippen molar-refractivity contribution in [3.63, 3.8) is 0 Å². The summed E-state index contributed by atoms with van der Waals surface area (Å²) in [4.78, 5) is 24.4. The number of hydrogen-bond acceptors (Lipinski definition) is 5. The van der Waals surface area contributed by atoms with Gasteiger partial charge in [-0.2, -0.15) is 0 Å². The van der Waals surface area contributed by atoms with Gasteiger partial charge >= 0.3 is 5.97 Å². The van der Waals surface area contributed by atoms with Crippen molar-refractivity contribution in [2.75, 3.05) is 22.5 Å². The Balaban J connectivity index is 2.26. The van der Waals surface area contributed by atoms with E-state index in [1.54, 1.807) is 6.92 Å². The third kappa shape index (κ3) is 5.68. The van der Waals surface area contributed by atoms with Gasteiger partial charge in [0.1, 0.15) is 11.9 Å². The molecular weight excluding hydrogens is 423 g/mol. The minimum absolute atomic E-state index is 0.0868. The van der Waals surface area contributed by atoms with Crippen LogP contribution in [-0.2, 0) is 19.6 Å². The van der Waals surface area contributed by atoms with Crippen LogP contribution in [0, 0.1) is 5.82 Å². The van der Waals surface area contributed by atoms with E-state index in [9.17, 15) is 22.4 Å². The Morgan fingerprint density at radius 3 is 2.34 bits per heavy atom. The maximum atomic E-state index is 13.2. The van der Waals surface area contributed by atoms with Crippen molar-refractivity contribution in [1.82, 2.24) is 0 Å². The van der Waals surface area contributed by atoms with Crippen LogP contribution in [0.2, 0.25) is 5.02 Å². The summed E-state index contributed by atoms with van der Waals surface area (Å²) in [5.74, 6) is -1.75. The number of anilines is 2. The molecule has 29 heavy (non-hydrogen) atoms. The van der Waals surface area contributed by atoms with Gasteiger partial charge in [0, 0.05) is 0 Å².